The normalized spacial score (nSPS) is 19.4. The fourth-order valence-electron chi connectivity index (χ4n) is 5.33. The van der Waals surface area contributed by atoms with E-state index in [2.05, 4.69) is 5.32 Å². The summed E-state index contributed by atoms with van der Waals surface area (Å²) in [7, 11) is 1.40. The summed E-state index contributed by atoms with van der Waals surface area (Å²) in [5, 5.41) is 12.4. The van der Waals surface area contributed by atoms with Crippen LogP contribution >= 0.6 is 23.1 Å². The van der Waals surface area contributed by atoms with E-state index < -0.39 is 45.5 Å². The number of aromatic nitrogens is 1. The third kappa shape index (κ3) is 4.76. The molecule has 3 aromatic carbocycles. The van der Waals surface area contributed by atoms with Crippen LogP contribution in [-0.4, -0.2) is 39.8 Å². The van der Waals surface area contributed by atoms with Crippen LogP contribution in [0, 0.1) is 18.7 Å². The van der Waals surface area contributed by atoms with E-state index in [1.54, 1.807) is 24.3 Å². The summed E-state index contributed by atoms with van der Waals surface area (Å²) in [5.74, 6) is -3.24. The number of imide groups is 1. The van der Waals surface area contributed by atoms with Crippen molar-refractivity contribution in [1.82, 2.24) is 4.57 Å². The molecule has 2 N–H and O–H groups in total. The predicted octanol–water partition coefficient (Wildman–Crippen LogP) is 4.51. The Morgan fingerprint density at radius 1 is 1.02 bits per heavy atom. The zero-order chi connectivity index (χ0) is 29.7. The second kappa shape index (κ2) is 10.8. The molecular weight excluding hydrogens is 581 g/mol. The van der Waals surface area contributed by atoms with Crippen molar-refractivity contribution in [3.63, 3.8) is 0 Å². The number of carbonyl (C=O) groups excluding carboxylic acids is 3. The molecule has 3 heterocycles. The first-order valence-electron chi connectivity index (χ1n) is 12.9. The first-order valence-corrected chi connectivity index (χ1v) is 14.6. The van der Waals surface area contributed by atoms with E-state index in [0.717, 1.165) is 28.7 Å². The number of anilines is 2. The zero-order valence-corrected chi connectivity index (χ0v) is 24.0. The largest absolute Gasteiger partial charge is 0.504 e. The highest BCUT2D eigenvalue weighted by Crippen LogP contribution is 2.54. The standard InChI is InChI=1S/C30H24FN3O6S2/c1-15-3-10-19(11-4-15)34-27(37)24-23(16-5-12-20(35)21(13-16)40-2)26-29(41-25(24)28(34)38)33(30(39)42-26)14-22(36)32-18-8-6-17(31)7-9-18/h3-13,23-25,35H,14H2,1-2H3,(H,32,36)/t23-,24?,25?/m0/s1. The van der Waals surface area contributed by atoms with Crippen LogP contribution in [0.1, 0.15) is 21.9 Å². The van der Waals surface area contributed by atoms with E-state index in [0.29, 0.717) is 26.8 Å². The van der Waals surface area contributed by atoms with Gasteiger partial charge in [0.1, 0.15) is 17.6 Å². The van der Waals surface area contributed by atoms with Gasteiger partial charge in [-0.05, 0) is 61.0 Å². The minimum atomic E-state index is -0.864. The molecule has 6 rings (SSSR count). The number of carbonyl (C=O) groups is 3. The average molecular weight is 606 g/mol. The lowest BCUT2D eigenvalue weighted by Gasteiger charge is -2.31. The number of halogens is 1. The number of aromatic hydroxyl groups is 1. The molecule has 3 atom stereocenters. The first kappa shape index (κ1) is 27.7. The Hall–Kier alpha value is -4.42. The smallest absolute Gasteiger partial charge is 0.308 e. The molecule has 0 radical (unpaired) electrons. The van der Waals surface area contributed by atoms with Gasteiger partial charge in [-0.25, -0.2) is 9.29 Å². The molecular formula is C30H24FN3O6S2. The van der Waals surface area contributed by atoms with Gasteiger partial charge in [-0.15, -0.1) is 0 Å². The third-order valence-electron chi connectivity index (χ3n) is 7.33. The Balaban J connectivity index is 1.43. The van der Waals surface area contributed by atoms with E-state index in [1.165, 1.54) is 46.9 Å². The fourth-order valence-corrected chi connectivity index (χ4v) is 8.10. The number of phenols is 1. The highest BCUT2D eigenvalue weighted by Gasteiger charge is 2.57. The molecule has 0 bridgehead atoms. The Morgan fingerprint density at radius 2 is 1.74 bits per heavy atom. The van der Waals surface area contributed by atoms with Gasteiger partial charge in [0.2, 0.25) is 17.7 Å². The number of amides is 3. The maximum atomic E-state index is 14.0. The van der Waals surface area contributed by atoms with Crippen LogP contribution in [-0.2, 0) is 20.9 Å². The van der Waals surface area contributed by atoms with Crippen LogP contribution < -0.4 is 19.8 Å². The Labute approximate surface area is 247 Å². The second-order valence-corrected chi connectivity index (χ2v) is 12.1. The highest BCUT2D eigenvalue weighted by atomic mass is 32.2. The van der Waals surface area contributed by atoms with E-state index in [4.69, 9.17) is 4.74 Å². The molecule has 2 unspecified atom stereocenters. The summed E-state index contributed by atoms with van der Waals surface area (Å²) < 4.78 is 19.9. The van der Waals surface area contributed by atoms with Crippen LogP contribution in [0.4, 0.5) is 15.8 Å². The second-order valence-electron chi connectivity index (χ2n) is 10.00. The molecule has 214 valence electrons. The van der Waals surface area contributed by atoms with Crippen LogP contribution in [0.5, 0.6) is 11.5 Å². The molecule has 0 saturated carbocycles. The Kier molecular flexibility index (Phi) is 7.11. The average Bonchev–Trinajstić information content (AvgIpc) is 3.41. The molecule has 0 aliphatic carbocycles. The number of ether oxygens (including phenoxy) is 1. The topological polar surface area (TPSA) is 118 Å². The maximum absolute atomic E-state index is 14.0. The number of rotatable bonds is 6. The summed E-state index contributed by atoms with van der Waals surface area (Å²) in [6.45, 7) is 1.56. The van der Waals surface area contributed by atoms with Crippen molar-refractivity contribution in [3.8, 4) is 11.5 Å². The third-order valence-corrected chi connectivity index (χ3v) is 9.94. The summed E-state index contributed by atoms with van der Waals surface area (Å²) >= 11 is 2.01. The molecule has 2 aliphatic rings. The molecule has 1 aromatic heterocycles. The molecule has 3 amide bonds. The number of nitrogens with one attached hydrogen (secondary N) is 1. The number of hydrogen-bond donors (Lipinski definition) is 2. The van der Waals surface area contributed by atoms with E-state index >= 15 is 0 Å². The lowest BCUT2D eigenvalue weighted by Crippen LogP contribution is -2.33. The summed E-state index contributed by atoms with van der Waals surface area (Å²) in [5.41, 5.74) is 2.37. The van der Waals surface area contributed by atoms with Crippen molar-refractivity contribution < 1.29 is 28.6 Å². The SMILES string of the molecule is COc1cc([C@@H]2c3sc(=O)n(CC(=O)Nc4ccc(F)cc4)c3SC3C(=O)N(c4ccc(C)cc4)C(=O)C32)ccc1O. The number of thiazole rings is 1. The number of nitrogens with zero attached hydrogens (tertiary/aromatic N) is 2. The summed E-state index contributed by atoms with van der Waals surface area (Å²) in [6.07, 6.45) is 0. The van der Waals surface area contributed by atoms with Crippen LogP contribution in [0.25, 0.3) is 0 Å². The molecule has 0 spiro atoms. The van der Waals surface area contributed by atoms with Crippen molar-refractivity contribution in [1.29, 1.82) is 0 Å². The van der Waals surface area contributed by atoms with E-state index in [1.807, 2.05) is 19.1 Å². The lowest BCUT2D eigenvalue weighted by molar-refractivity contribution is -0.122. The summed E-state index contributed by atoms with van der Waals surface area (Å²) in [4.78, 5) is 55.4. The molecule has 4 aromatic rings. The monoisotopic (exact) mass is 605 g/mol. The van der Waals surface area contributed by atoms with Crippen molar-refractivity contribution in [2.75, 3.05) is 17.3 Å². The minimum absolute atomic E-state index is 0.0958. The Morgan fingerprint density at radius 3 is 2.43 bits per heavy atom. The van der Waals surface area contributed by atoms with Crippen LogP contribution in [0.2, 0.25) is 0 Å². The fraction of sp³-hybridized carbons (Fsp3) is 0.200. The molecule has 9 nitrogen and oxygen atoms in total. The van der Waals surface area contributed by atoms with Crippen molar-refractivity contribution >= 4 is 52.2 Å². The molecule has 42 heavy (non-hydrogen) atoms. The quantitative estimate of drug-likeness (QED) is 0.311. The number of aryl methyl sites for hydroxylation is 1. The van der Waals surface area contributed by atoms with Gasteiger partial charge in [-0.3, -0.25) is 23.7 Å². The van der Waals surface area contributed by atoms with Gasteiger partial charge in [-0.2, -0.15) is 0 Å². The maximum Gasteiger partial charge on any atom is 0.308 e. The van der Waals surface area contributed by atoms with Crippen molar-refractivity contribution in [2.45, 2.75) is 29.7 Å². The van der Waals surface area contributed by atoms with Gasteiger partial charge in [-0.1, -0.05) is 46.9 Å². The van der Waals surface area contributed by atoms with Crippen molar-refractivity contribution in [3.05, 3.63) is 98.2 Å². The zero-order valence-electron chi connectivity index (χ0n) is 22.4. The number of hydrogen-bond acceptors (Lipinski definition) is 8. The van der Waals surface area contributed by atoms with Gasteiger partial charge >= 0.3 is 4.87 Å². The van der Waals surface area contributed by atoms with Gasteiger partial charge in [0.15, 0.2) is 11.5 Å². The molecule has 12 heteroatoms. The molecule has 2 aliphatic heterocycles. The predicted molar refractivity (Wildman–Crippen MR) is 157 cm³/mol. The van der Waals surface area contributed by atoms with E-state index in [-0.39, 0.29) is 18.0 Å². The number of thioether (sulfide) groups is 1. The number of methoxy groups -OCH3 is 1. The lowest BCUT2D eigenvalue weighted by atomic mass is 9.83. The number of benzene rings is 3. The number of fused-ring (bicyclic) bond motifs is 2. The van der Waals surface area contributed by atoms with Crippen molar-refractivity contribution in [2.24, 2.45) is 5.92 Å². The highest BCUT2D eigenvalue weighted by molar-refractivity contribution is 8.00. The van der Waals surface area contributed by atoms with Crippen LogP contribution in [0.15, 0.2) is 76.6 Å². The van der Waals surface area contributed by atoms with Crippen LogP contribution in [0.3, 0.4) is 0 Å². The first-order chi connectivity index (χ1) is 20.2. The molecule has 1 fully saturated rings. The van der Waals surface area contributed by atoms with Gasteiger partial charge < -0.3 is 15.2 Å². The van der Waals surface area contributed by atoms with E-state index in [9.17, 15) is 28.7 Å². The van der Waals surface area contributed by atoms with Gasteiger partial charge in [0.05, 0.1) is 23.7 Å². The Bertz CT molecular complexity index is 1780. The van der Waals surface area contributed by atoms with Gasteiger partial charge in [0.25, 0.3) is 0 Å². The molecule has 1 saturated heterocycles. The van der Waals surface area contributed by atoms with Gasteiger partial charge in [0, 0.05) is 16.5 Å². The summed E-state index contributed by atoms with van der Waals surface area (Å²) in [6, 6.07) is 17.0. The number of phenolic OH excluding ortho intramolecular Hbond substituents is 1. The minimum Gasteiger partial charge on any atom is -0.504 e.